The lowest BCUT2D eigenvalue weighted by atomic mass is 9.48. The van der Waals surface area contributed by atoms with Crippen LogP contribution >= 0.6 is 0 Å². The predicted molar refractivity (Wildman–Crippen MR) is 80.6 cm³/mol. The van der Waals surface area contributed by atoms with Crippen molar-refractivity contribution in [1.82, 2.24) is 5.32 Å². The summed E-state index contributed by atoms with van der Waals surface area (Å²) < 4.78 is 5.33. The van der Waals surface area contributed by atoms with Crippen molar-refractivity contribution in [1.29, 1.82) is 0 Å². The Morgan fingerprint density at radius 2 is 1.76 bits per heavy atom. The molecule has 1 amide bonds. The molecule has 2 atom stereocenters. The number of amides is 1. The van der Waals surface area contributed by atoms with Crippen molar-refractivity contribution in [2.24, 2.45) is 28.9 Å². The summed E-state index contributed by atoms with van der Waals surface area (Å²) in [5, 5.41) is 3.28. The second kappa shape index (κ2) is 4.69. The van der Waals surface area contributed by atoms with Crippen molar-refractivity contribution in [2.75, 3.05) is 13.2 Å². The van der Waals surface area contributed by atoms with Crippen LogP contribution in [0.2, 0.25) is 0 Å². The fourth-order valence-corrected chi connectivity index (χ4v) is 5.96. The van der Waals surface area contributed by atoms with Gasteiger partial charge in [0.25, 0.3) is 0 Å². The van der Waals surface area contributed by atoms with Crippen LogP contribution < -0.4 is 11.1 Å². The molecule has 1 aliphatic heterocycles. The molecule has 21 heavy (non-hydrogen) atoms. The van der Waals surface area contributed by atoms with Gasteiger partial charge in [-0.15, -0.1) is 0 Å². The fraction of sp³-hybridized carbons (Fsp3) is 0.941. The van der Waals surface area contributed by atoms with Gasteiger partial charge in [-0.2, -0.15) is 0 Å². The molecule has 4 saturated carbocycles. The molecule has 5 rings (SSSR count). The number of carbonyl (C=O) groups excluding carboxylic acids is 1. The highest BCUT2D eigenvalue weighted by Gasteiger charge is 2.54. The lowest BCUT2D eigenvalue weighted by molar-refractivity contribution is -0.131. The first-order valence-corrected chi connectivity index (χ1v) is 8.67. The summed E-state index contributed by atoms with van der Waals surface area (Å²) in [5.74, 6) is 2.75. The van der Waals surface area contributed by atoms with Gasteiger partial charge in [-0.05, 0) is 75.0 Å². The van der Waals surface area contributed by atoms with Crippen LogP contribution in [0.5, 0.6) is 0 Å². The predicted octanol–water partition coefficient (Wildman–Crippen LogP) is 1.83. The number of carbonyl (C=O) groups is 1. The summed E-state index contributed by atoms with van der Waals surface area (Å²) in [4.78, 5) is 12.6. The minimum atomic E-state index is -0.795. The largest absolute Gasteiger partial charge is 0.379 e. The Balaban J connectivity index is 1.47. The third kappa shape index (κ3) is 2.22. The molecule has 118 valence electrons. The minimum absolute atomic E-state index is 0.00301. The zero-order valence-corrected chi connectivity index (χ0v) is 13.1. The van der Waals surface area contributed by atoms with Crippen LogP contribution in [-0.4, -0.2) is 30.7 Å². The zero-order valence-electron chi connectivity index (χ0n) is 13.1. The number of hydrogen-bond acceptors (Lipinski definition) is 3. The van der Waals surface area contributed by atoms with Crippen LogP contribution in [0, 0.1) is 23.2 Å². The molecule has 0 aromatic carbocycles. The van der Waals surface area contributed by atoms with E-state index in [2.05, 4.69) is 12.2 Å². The molecule has 1 saturated heterocycles. The number of nitrogens with two attached hydrogens (primary N) is 1. The standard InChI is InChI=1S/C17H28N2O2/c1-11(19-15(20)17(18)2-3-21-10-17)16-7-12-4-13(8-16)6-14(5-12)9-16/h11-14H,2-10,18H2,1H3,(H,19,20). The number of hydrogen-bond donors (Lipinski definition) is 2. The van der Waals surface area contributed by atoms with Gasteiger partial charge in [-0.1, -0.05) is 0 Å². The van der Waals surface area contributed by atoms with Crippen LogP contribution in [0.25, 0.3) is 0 Å². The van der Waals surface area contributed by atoms with Gasteiger partial charge in [-0.25, -0.2) is 0 Å². The summed E-state index contributed by atoms with van der Waals surface area (Å²) in [5.41, 5.74) is 5.76. The van der Waals surface area contributed by atoms with Crippen molar-refractivity contribution in [3.8, 4) is 0 Å². The Labute approximate surface area is 127 Å². The molecule has 0 spiro atoms. The van der Waals surface area contributed by atoms with E-state index in [1.165, 1.54) is 38.5 Å². The van der Waals surface area contributed by atoms with Crippen LogP contribution in [-0.2, 0) is 9.53 Å². The molecular formula is C17H28N2O2. The third-order valence-corrected chi connectivity index (χ3v) is 6.86. The van der Waals surface area contributed by atoms with Gasteiger partial charge >= 0.3 is 0 Å². The monoisotopic (exact) mass is 292 g/mol. The smallest absolute Gasteiger partial charge is 0.242 e. The maximum Gasteiger partial charge on any atom is 0.242 e. The van der Waals surface area contributed by atoms with E-state index in [1.807, 2.05) is 0 Å². The highest BCUT2D eigenvalue weighted by atomic mass is 16.5. The minimum Gasteiger partial charge on any atom is -0.379 e. The quantitative estimate of drug-likeness (QED) is 0.834. The van der Waals surface area contributed by atoms with Crippen molar-refractivity contribution in [3.63, 3.8) is 0 Å². The molecule has 4 aliphatic carbocycles. The Kier molecular flexibility index (Phi) is 3.13. The second-order valence-corrected chi connectivity index (χ2v) is 8.43. The molecule has 5 fully saturated rings. The van der Waals surface area contributed by atoms with E-state index in [4.69, 9.17) is 10.5 Å². The molecule has 4 heteroatoms. The van der Waals surface area contributed by atoms with Gasteiger partial charge in [0, 0.05) is 12.6 Å². The van der Waals surface area contributed by atoms with E-state index in [0.717, 1.165) is 17.8 Å². The second-order valence-electron chi connectivity index (χ2n) is 8.43. The van der Waals surface area contributed by atoms with E-state index < -0.39 is 5.54 Å². The molecule has 0 radical (unpaired) electrons. The molecule has 0 aromatic heterocycles. The maximum atomic E-state index is 12.6. The third-order valence-electron chi connectivity index (χ3n) is 6.86. The van der Waals surface area contributed by atoms with Crippen molar-refractivity contribution in [3.05, 3.63) is 0 Å². The summed E-state index contributed by atoms with van der Waals surface area (Å²) in [6.45, 7) is 3.19. The lowest BCUT2D eigenvalue weighted by Crippen LogP contribution is -2.61. The van der Waals surface area contributed by atoms with Gasteiger partial charge in [0.15, 0.2) is 0 Å². The molecule has 4 nitrogen and oxygen atoms in total. The fourth-order valence-electron chi connectivity index (χ4n) is 5.96. The number of ether oxygens (including phenoxy) is 1. The van der Waals surface area contributed by atoms with E-state index >= 15 is 0 Å². The highest BCUT2D eigenvalue weighted by Crippen LogP contribution is 2.61. The zero-order chi connectivity index (χ0) is 14.7. The molecule has 0 aromatic rings. The summed E-state index contributed by atoms with van der Waals surface area (Å²) in [6.07, 6.45) is 8.90. The summed E-state index contributed by atoms with van der Waals surface area (Å²) in [7, 11) is 0. The van der Waals surface area contributed by atoms with Gasteiger partial charge in [0.05, 0.1) is 6.61 Å². The van der Waals surface area contributed by atoms with Crippen LogP contribution in [0.3, 0.4) is 0 Å². The molecule has 1 heterocycles. The van der Waals surface area contributed by atoms with Crippen molar-refractivity contribution in [2.45, 2.75) is 63.5 Å². The van der Waals surface area contributed by atoms with Crippen molar-refractivity contribution < 1.29 is 9.53 Å². The Bertz CT molecular complexity index is 407. The maximum absolute atomic E-state index is 12.6. The van der Waals surface area contributed by atoms with Gasteiger partial charge in [-0.3, -0.25) is 4.79 Å². The van der Waals surface area contributed by atoms with Gasteiger partial charge in [0.2, 0.25) is 5.91 Å². The topological polar surface area (TPSA) is 64.4 Å². The highest BCUT2D eigenvalue weighted by molar-refractivity contribution is 5.86. The van der Waals surface area contributed by atoms with Crippen LogP contribution in [0.15, 0.2) is 0 Å². The average Bonchev–Trinajstić information content (AvgIpc) is 2.85. The molecule has 3 N–H and O–H groups in total. The lowest BCUT2D eigenvalue weighted by Gasteiger charge is -2.59. The average molecular weight is 292 g/mol. The Morgan fingerprint density at radius 1 is 1.19 bits per heavy atom. The molecule has 5 aliphatic rings. The SMILES string of the molecule is CC(NC(=O)C1(N)CCOC1)C12CC3CC(CC(C3)C1)C2. The first kappa shape index (κ1) is 14.0. The van der Waals surface area contributed by atoms with Crippen LogP contribution in [0.4, 0.5) is 0 Å². The number of rotatable bonds is 3. The number of nitrogens with one attached hydrogen (secondary N) is 1. The van der Waals surface area contributed by atoms with Crippen LogP contribution in [0.1, 0.15) is 51.9 Å². The van der Waals surface area contributed by atoms with Gasteiger partial charge in [0.1, 0.15) is 5.54 Å². The Morgan fingerprint density at radius 3 is 2.24 bits per heavy atom. The van der Waals surface area contributed by atoms with E-state index in [1.54, 1.807) is 0 Å². The summed E-state index contributed by atoms with van der Waals surface area (Å²) in [6, 6.07) is 0.249. The van der Waals surface area contributed by atoms with E-state index in [9.17, 15) is 4.79 Å². The Hall–Kier alpha value is -0.610. The molecule has 2 unspecified atom stereocenters. The molecular weight excluding hydrogens is 264 g/mol. The first-order chi connectivity index (χ1) is 9.99. The van der Waals surface area contributed by atoms with Crippen molar-refractivity contribution >= 4 is 5.91 Å². The normalized spacial score (nSPS) is 49.3. The van der Waals surface area contributed by atoms with Gasteiger partial charge < -0.3 is 15.8 Å². The summed E-state index contributed by atoms with van der Waals surface area (Å²) >= 11 is 0. The molecule has 4 bridgehead atoms. The van der Waals surface area contributed by atoms with E-state index in [0.29, 0.717) is 25.0 Å². The van der Waals surface area contributed by atoms with E-state index in [-0.39, 0.29) is 11.9 Å². The first-order valence-electron chi connectivity index (χ1n) is 8.67.